The predicted molar refractivity (Wildman–Crippen MR) is 132 cm³/mol. The van der Waals surface area contributed by atoms with Gasteiger partial charge in [0.25, 0.3) is 5.69 Å². The molecule has 0 aliphatic carbocycles. The Kier molecular flexibility index (Phi) is 6.55. The zero-order valence-electron chi connectivity index (χ0n) is 19.8. The number of non-ortho nitro benzene ring substituents is 1. The molecule has 3 aromatic carbocycles. The number of ketones is 1. The predicted octanol–water partition coefficient (Wildman–Crippen LogP) is 5.62. The van der Waals surface area contributed by atoms with Crippen molar-refractivity contribution in [3.05, 3.63) is 99.9 Å². The topological polar surface area (TPSA) is 92.8 Å². The summed E-state index contributed by atoms with van der Waals surface area (Å²) in [6.45, 7) is 1.99. The fourth-order valence-electron chi connectivity index (χ4n) is 3.89. The molecule has 0 spiro atoms. The van der Waals surface area contributed by atoms with Gasteiger partial charge in [0.15, 0.2) is 17.3 Å². The standard InChI is InChI=1S/C27H24N2O6/c1-17-8-10-20(11-9-17)28-15-22(18-6-5-7-21(12-18)29(31)32)23(16-28)26(30)19-13-24(33-2)27(35-4)25(14-19)34-3/h5-16H,1-4H3. The molecule has 8 nitrogen and oxygen atoms in total. The van der Waals surface area contributed by atoms with Crippen molar-refractivity contribution in [2.75, 3.05) is 21.3 Å². The second-order valence-electron chi connectivity index (χ2n) is 7.88. The second kappa shape index (κ2) is 9.72. The monoisotopic (exact) mass is 472 g/mol. The molecule has 0 atom stereocenters. The molecule has 0 radical (unpaired) electrons. The number of hydrogen-bond donors (Lipinski definition) is 0. The number of ether oxygens (including phenoxy) is 3. The Bertz CT molecular complexity index is 1380. The third-order valence-electron chi connectivity index (χ3n) is 5.70. The fraction of sp³-hybridized carbons (Fsp3) is 0.148. The lowest BCUT2D eigenvalue weighted by Crippen LogP contribution is -2.05. The first-order chi connectivity index (χ1) is 16.9. The van der Waals surface area contributed by atoms with Crippen molar-refractivity contribution in [1.29, 1.82) is 0 Å². The van der Waals surface area contributed by atoms with E-state index in [4.69, 9.17) is 14.2 Å². The number of aromatic nitrogens is 1. The van der Waals surface area contributed by atoms with E-state index >= 15 is 0 Å². The third-order valence-corrected chi connectivity index (χ3v) is 5.70. The van der Waals surface area contributed by atoms with Crippen molar-refractivity contribution < 1.29 is 23.9 Å². The van der Waals surface area contributed by atoms with Crippen molar-refractivity contribution in [3.8, 4) is 34.1 Å². The number of aryl methyl sites for hydroxylation is 1. The third kappa shape index (κ3) is 4.59. The van der Waals surface area contributed by atoms with Crippen LogP contribution in [-0.4, -0.2) is 36.6 Å². The molecule has 4 aromatic rings. The maximum absolute atomic E-state index is 13.8. The van der Waals surface area contributed by atoms with E-state index < -0.39 is 4.92 Å². The lowest BCUT2D eigenvalue weighted by atomic mass is 9.97. The zero-order chi connectivity index (χ0) is 25.1. The van der Waals surface area contributed by atoms with Crippen molar-refractivity contribution in [2.24, 2.45) is 0 Å². The van der Waals surface area contributed by atoms with Gasteiger partial charge >= 0.3 is 0 Å². The minimum Gasteiger partial charge on any atom is -0.493 e. The number of carbonyl (C=O) groups is 1. The van der Waals surface area contributed by atoms with Gasteiger partial charge in [-0.3, -0.25) is 14.9 Å². The molecule has 0 N–H and O–H groups in total. The first kappa shape index (κ1) is 23.6. The summed E-state index contributed by atoms with van der Waals surface area (Å²) in [6.07, 6.45) is 3.53. The molecular weight excluding hydrogens is 448 g/mol. The Hall–Kier alpha value is -4.59. The van der Waals surface area contributed by atoms with E-state index in [0.29, 0.717) is 39.5 Å². The SMILES string of the molecule is COc1cc(C(=O)c2cn(-c3ccc(C)cc3)cc2-c2cccc([N+](=O)[O-])c2)cc(OC)c1OC. The van der Waals surface area contributed by atoms with Gasteiger partial charge in [-0.2, -0.15) is 0 Å². The molecule has 0 aliphatic rings. The molecular formula is C27H24N2O6. The molecule has 0 saturated heterocycles. The van der Waals surface area contributed by atoms with Crippen LogP contribution >= 0.6 is 0 Å². The number of benzene rings is 3. The van der Waals surface area contributed by atoms with E-state index in [1.165, 1.54) is 33.5 Å². The van der Waals surface area contributed by atoms with Crippen LogP contribution in [-0.2, 0) is 0 Å². The van der Waals surface area contributed by atoms with Crippen molar-refractivity contribution in [2.45, 2.75) is 6.92 Å². The summed E-state index contributed by atoms with van der Waals surface area (Å²) in [5.41, 5.74) is 3.72. The van der Waals surface area contributed by atoms with Crippen LogP contribution in [0.5, 0.6) is 17.2 Å². The van der Waals surface area contributed by atoms with Crippen LogP contribution in [0.2, 0.25) is 0 Å². The van der Waals surface area contributed by atoms with Gasteiger partial charge in [-0.25, -0.2) is 0 Å². The highest BCUT2D eigenvalue weighted by molar-refractivity contribution is 6.13. The van der Waals surface area contributed by atoms with Crippen molar-refractivity contribution in [1.82, 2.24) is 4.57 Å². The fourth-order valence-corrected chi connectivity index (χ4v) is 3.89. The van der Waals surface area contributed by atoms with Crippen LogP contribution in [0.3, 0.4) is 0 Å². The van der Waals surface area contributed by atoms with Gasteiger partial charge < -0.3 is 18.8 Å². The number of methoxy groups -OCH3 is 3. The molecule has 0 fully saturated rings. The van der Waals surface area contributed by atoms with Gasteiger partial charge in [0.05, 0.1) is 26.3 Å². The average Bonchev–Trinajstić information content (AvgIpc) is 3.33. The maximum atomic E-state index is 13.8. The summed E-state index contributed by atoms with van der Waals surface area (Å²) in [5.74, 6) is 0.787. The maximum Gasteiger partial charge on any atom is 0.270 e. The van der Waals surface area contributed by atoms with Crippen LogP contribution in [0.25, 0.3) is 16.8 Å². The van der Waals surface area contributed by atoms with Gasteiger partial charge in [-0.05, 0) is 36.8 Å². The highest BCUT2D eigenvalue weighted by atomic mass is 16.6. The van der Waals surface area contributed by atoms with Crippen molar-refractivity contribution in [3.63, 3.8) is 0 Å². The lowest BCUT2D eigenvalue weighted by molar-refractivity contribution is -0.384. The smallest absolute Gasteiger partial charge is 0.270 e. The molecule has 4 rings (SSSR count). The first-order valence-corrected chi connectivity index (χ1v) is 10.7. The van der Waals surface area contributed by atoms with Gasteiger partial charge in [0.1, 0.15) is 0 Å². The number of rotatable bonds is 8. The van der Waals surface area contributed by atoms with Crippen LogP contribution < -0.4 is 14.2 Å². The van der Waals surface area contributed by atoms with Crippen LogP contribution in [0.1, 0.15) is 21.5 Å². The molecule has 1 heterocycles. The van der Waals surface area contributed by atoms with Crippen molar-refractivity contribution >= 4 is 11.5 Å². The summed E-state index contributed by atoms with van der Waals surface area (Å²) < 4.78 is 18.0. The molecule has 8 heteroatoms. The van der Waals surface area contributed by atoms with Gasteiger partial charge in [0, 0.05) is 46.9 Å². The minimum atomic E-state index is -0.457. The van der Waals surface area contributed by atoms with Gasteiger partial charge in [-0.15, -0.1) is 0 Å². The average molecular weight is 472 g/mol. The van der Waals surface area contributed by atoms with E-state index in [2.05, 4.69) is 0 Å². The number of nitro benzene ring substituents is 1. The Balaban J connectivity index is 1.90. The summed E-state index contributed by atoms with van der Waals surface area (Å²) in [7, 11) is 4.45. The van der Waals surface area contributed by atoms with E-state index in [1.54, 1.807) is 36.7 Å². The Morgan fingerprint density at radius 2 is 1.54 bits per heavy atom. The Morgan fingerprint density at radius 1 is 0.886 bits per heavy atom. The zero-order valence-corrected chi connectivity index (χ0v) is 19.8. The Labute approximate surface area is 202 Å². The van der Waals surface area contributed by atoms with E-state index in [9.17, 15) is 14.9 Å². The van der Waals surface area contributed by atoms with Gasteiger partial charge in [0.2, 0.25) is 5.75 Å². The number of hydrogen-bond acceptors (Lipinski definition) is 6. The van der Waals surface area contributed by atoms with Crippen LogP contribution in [0.4, 0.5) is 5.69 Å². The van der Waals surface area contributed by atoms with E-state index in [-0.39, 0.29) is 11.5 Å². The largest absolute Gasteiger partial charge is 0.493 e. The molecule has 1 aromatic heterocycles. The van der Waals surface area contributed by atoms with Crippen LogP contribution in [0.15, 0.2) is 73.1 Å². The second-order valence-corrected chi connectivity index (χ2v) is 7.88. The molecule has 0 unspecified atom stereocenters. The number of nitro groups is 1. The molecule has 0 amide bonds. The molecule has 0 saturated carbocycles. The quantitative estimate of drug-likeness (QED) is 0.188. The number of nitrogens with zero attached hydrogens (tertiary/aromatic N) is 2. The highest BCUT2D eigenvalue weighted by Gasteiger charge is 2.23. The minimum absolute atomic E-state index is 0.0585. The summed E-state index contributed by atoms with van der Waals surface area (Å²) in [4.78, 5) is 24.7. The lowest BCUT2D eigenvalue weighted by Gasteiger charge is -2.14. The van der Waals surface area contributed by atoms with E-state index in [1.807, 2.05) is 35.8 Å². The van der Waals surface area contributed by atoms with E-state index in [0.717, 1.165) is 11.3 Å². The summed E-state index contributed by atoms with van der Waals surface area (Å²) in [5, 5.41) is 11.4. The molecule has 0 aliphatic heterocycles. The first-order valence-electron chi connectivity index (χ1n) is 10.7. The normalized spacial score (nSPS) is 10.6. The Morgan fingerprint density at radius 3 is 2.11 bits per heavy atom. The summed E-state index contributed by atoms with van der Waals surface area (Å²) in [6, 6.07) is 17.2. The molecule has 35 heavy (non-hydrogen) atoms. The molecule has 0 bridgehead atoms. The van der Waals surface area contributed by atoms with Crippen LogP contribution in [0, 0.1) is 17.0 Å². The molecule has 178 valence electrons. The summed E-state index contributed by atoms with van der Waals surface area (Å²) >= 11 is 0. The number of carbonyl (C=O) groups excluding carboxylic acids is 1. The highest BCUT2D eigenvalue weighted by Crippen LogP contribution is 2.39. The van der Waals surface area contributed by atoms with Gasteiger partial charge in [-0.1, -0.05) is 29.8 Å².